The van der Waals surface area contributed by atoms with Crippen LogP contribution in [0.3, 0.4) is 0 Å². The van der Waals surface area contributed by atoms with Crippen molar-refractivity contribution >= 4 is 50.6 Å². The van der Waals surface area contributed by atoms with Gasteiger partial charge in [0.05, 0.1) is 5.39 Å². The Kier molecular flexibility index (Phi) is 4.28. The van der Waals surface area contributed by atoms with Crippen LogP contribution in [0.15, 0.2) is 60.7 Å². The molecule has 26 heavy (non-hydrogen) atoms. The van der Waals surface area contributed by atoms with Gasteiger partial charge in [-0.15, -0.1) is 11.3 Å². The van der Waals surface area contributed by atoms with Gasteiger partial charge in [0, 0.05) is 16.1 Å². The third kappa shape index (κ3) is 3.24. The van der Waals surface area contributed by atoms with E-state index >= 15 is 0 Å². The first-order chi connectivity index (χ1) is 12.6. The van der Waals surface area contributed by atoms with E-state index in [-0.39, 0.29) is 5.28 Å². The van der Waals surface area contributed by atoms with E-state index < -0.39 is 5.91 Å². The Balaban J connectivity index is 1.74. The molecule has 0 saturated heterocycles. The monoisotopic (exact) mass is 380 g/mol. The lowest BCUT2D eigenvalue weighted by Crippen LogP contribution is -2.10. The van der Waals surface area contributed by atoms with E-state index in [9.17, 15) is 4.79 Å². The van der Waals surface area contributed by atoms with Crippen LogP contribution in [0.2, 0.25) is 5.28 Å². The van der Waals surface area contributed by atoms with Crippen LogP contribution in [0.1, 0.15) is 10.4 Å². The number of carbonyl (C=O) groups is 1. The van der Waals surface area contributed by atoms with Crippen molar-refractivity contribution in [2.24, 2.45) is 5.73 Å². The van der Waals surface area contributed by atoms with Gasteiger partial charge in [0.1, 0.15) is 10.6 Å². The second kappa shape index (κ2) is 6.74. The predicted molar refractivity (Wildman–Crippen MR) is 106 cm³/mol. The van der Waals surface area contributed by atoms with Gasteiger partial charge < -0.3 is 11.1 Å². The van der Waals surface area contributed by atoms with Crippen molar-refractivity contribution in [3.8, 4) is 10.4 Å². The van der Waals surface area contributed by atoms with E-state index in [0.29, 0.717) is 11.4 Å². The number of nitrogens with two attached hydrogens (primary N) is 1. The van der Waals surface area contributed by atoms with Gasteiger partial charge in [0.25, 0.3) is 0 Å². The standard InChI is InChI=1S/C19H13ClN4OS/c20-19-23-17(22-13-8-6-12(7-9-13)16(21)25)14-10-15(26-18(14)24-19)11-4-2-1-3-5-11/h1-10H,(H2,21,25)(H,22,23,24). The predicted octanol–water partition coefficient (Wildman–Crippen LogP) is 4.85. The zero-order valence-electron chi connectivity index (χ0n) is 13.4. The first-order valence-electron chi connectivity index (χ1n) is 7.79. The highest BCUT2D eigenvalue weighted by molar-refractivity contribution is 7.22. The number of hydrogen-bond acceptors (Lipinski definition) is 5. The molecule has 0 aliphatic rings. The summed E-state index contributed by atoms with van der Waals surface area (Å²) < 4.78 is 0. The van der Waals surface area contributed by atoms with Crippen molar-refractivity contribution in [3.05, 3.63) is 71.5 Å². The van der Waals surface area contributed by atoms with Crippen molar-refractivity contribution in [3.63, 3.8) is 0 Å². The molecule has 5 nitrogen and oxygen atoms in total. The lowest BCUT2D eigenvalue weighted by atomic mass is 10.2. The molecule has 1 amide bonds. The first kappa shape index (κ1) is 16.5. The summed E-state index contributed by atoms with van der Waals surface area (Å²) in [6.45, 7) is 0. The summed E-state index contributed by atoms with van der Waals surface area (Å²) >= 11 is 7.65. The molecule has 7 heteroatoms. The SMILES string of the molecule is NC(=O)c1ccc(Nc2nc(Cl)nc3sc(-c4ccccc4)cc23)cc1. The quantitative estimate of drug-likeness (QED) is 0.495. The molecule has 0 unspecified atom stereocenters. The van der Waals surface area contributed by atoms with E-state index in [0.717, 1.165) is 26.3 Å². The lowest BCUT2D eigenvalue weighted by Gasteiger charge is -2.07. The van der Waals surface area contributed by atoms with E-state index in [1.54, 1.807) is 35.6 Å². The van der Waals surface area contributed by atoms with Crippen molar-refractivity contribution in [1.29, 1.82) is 0 Å². The number of rotatable bonds is 4. The molecule has 0 aliphatic heterocycles. The fourth-order valence-corrected chi connectivity index (χ4v) is 3.85. The highest BCUT2D eigenvalue weighted by Gasteiger charge is 2.12. The summed E-state index contributed by atoms with van der Waals surface area (Å²) in [5, 5.41) is 4.30. The minimum Gasteiger partial charge on any atom is -0.366 e. The molecule has 2 heterocycles. The van der Waals surface area contributed by atoms with Crippen molar-refractivity contribution < 1.29 is 4.79 Å². The number of nitrogens with zero attached hydrogens (tertiary/aromatic N) is 2. The second-order valence-corrected chi connectivity index (χ2v) is 6.97. The highest BCUT2D eigenvalue weighted by atomic mass is 35.5. The lowest BCUT2D eigenvalue weighted by molar-refractivity contribution is 0.100. The van der Waals surface area contributed by atoms with Gasteiger partial charge in [0.15, 0.2) is 0 Å². The molecular weight excluding hydrogens is 368 g/mol. The van der Waals surface area contributed by atoms with Crippen LogP contribution in [0, 0.1) is 0 Å². The number of anilines is 2. The van der Waals surface area contributed by atoms with Gasteiger partial charge in [0.2, 0.25) is 11.2 Å². The van der Waals surface area contributed by atoms with E-state index in [4.69, 9.17) is 17.3 Å². The zero-order valence-corrected chi connectivity index (χ0v) is 15.0. The maximum Gasteiger partial charge on any atom is 0.248 e. The summed E-state index contributed by atoms with van der Waals surface area (Å²) in [5.41, 5.74) is 7.61. The number of benzene rings is 2. The zero-order chi connectivity index (χ0) is 18.1. The average Bonchev–Trinajstić information content (AvgIpc) is 3.07. The number of hydrogen-bond donors (Lipinski definition) is 2. The topological polar surface area (TPSA) is 80.9 Å². The van der Waals surface area contributed by atoms with Gasteiger partial charge in [-0.25, -0.2) is 4.98 Å². The Morgan fingerprint density at radius 2 is 1.77 bits per heavy atom. The molecule has 4 rings (SSSR count). The van der Waals surface area contributed by atoms with E-state index in [2.05, 4.69) is 27.4 Å². The normalized spacial score (nSPS) is 10.8. The molecule has 2 aromatic carbocycles. The summed E-state index contributed by atoms with van der Waals surface area (Å²) in [5.74, 6) is 0.152. The molecule has 0 atom stereocenters. The summed E-state index contributed by atoms with van der Waals surface area (Å²) in [6, 6.07) is 19.0. The number of fused-ring (bicyclic) bond motifs is 1. The highest BCUT2D eigenvalue weighted by Crippen LogP contribution is 2.36. The third-order valence-electron chi connectivity index (χ3n) is 3.86. The number of aromatic nitrogens is 2. The second-order valence-electron chi connectivity index (χ2n) is 5.60. The minimum absolute atomic E-state index is 0.176. The van der Waals surface area contributed by atoms with Gasteiger partial charge in [-0.05, 0) is 47.5 Å². The molecule has 128 valence electrons. The van der Waals surface area contributed by atoms with Crippen LogP contribution in [-0.4, -0.2) is 15.9 Å². The molecular formula is C19H13ClN4OS. The van der Waals surface area contributed by atoms with Gasteiger partial charge in [-0.2, -0.15) is 4.98 Å². The van der Waals surface area contributed by atoms with Gasteiger partial charge in [-0.3, -0.25) is 4.79 Å². The number of halogens is 1. The maximum absolute atomic E-state index is 11.2. The van der Waals surface area contributed by atoms with Crippen LogP contribution in [-0.2, 0) is 0 Å². The molecule has 2 aromatic heterocycles. The Hall–Kier alpha value is -2.96. The van der Waals surface area contributed by atoms with Crippen LogP contribution < -0.4 is 11.1 Å². The molecule has 3 N–H and O–H groups in total. The summed E-state index contributed by atoms with van der Waals surface area (Å²) in [7, 11) is 0. The Labute approximate surface area is 158 Å². The largest absolute Gasteiger partial charge is 0.366 e. The Bertz CT molecular complexity index is 1090. The van der Waals surface area contributed by atoms with Crippen LogP contribution in [0.25, 0.3) is 20.7 Å². The van der Waals surface area contributed by atoms with E-state index in [1.165, 1.54) is 0 Å². The third-order valence-corrected chi connectivity index (χ3v) is 5.10. The molecule has 0 radical (unpaired) electrons. The molecule has 0 spiro atoms. The molecule has 4 aromatic rings. The molecule has 0 saturated carbocycles. The smallest absolute Gasteiger partial charge is 0.248 e. The van der Waals surface area contributed by atoms with E-state index in [1.807, 2.05) is 24.3 Å². The Morgan fingerprint density at radius 1 is 1.04 bits per heavy atom. The number of amides is 1. The van der Waals surface area contributed by atoms with Crippen LogP contribution in [0.5, 0.6) is 0 Å². The number of primary amides is 1. The summed E-state index contributed by atoms with van der Waals surface area (Å²) in [4.78, 5) is 21.7. The summed E-state index contributed by atoms with van der Waals surface area (Å²) in [6.07, 6.45) is 0. The molecule has 0 aliphatic carbocycles. The van der Waals surface area contributed by atoms with Gasteiger partial charge >= 0.3 is 0 Å². The first-order valence-corrected chi connectivity index (χ1v) is 8.99. The van der Waals surface area contributed by atoms with Crippen molar-refractivity contribution in [1.82, 2.24) is 9.97 Å². The minimum atomic E-state index is -0.464. The number of nitrogens with one attached hydrogen (secondary N) is 1. The fraction of sp³-hybridized carbons (Fsp3) is 0. The van der Waals surface area contributed by atoms with Gasteiger partial charge in [-0.1, -0.05) is 30.3 Å². The van der Waals surface area contributed by atoms with Crippen LogP contribution in [0.4, 0.5) is 11.5 Å². The van der Waals surface area contributed by atoms with Crippen molar-refractivity contribution in [2.45, 2.75) is 0 Å². The molecule has 0 bridgehead atoms. The number of carbonyl (C=O) groups excluding carboxylic acids is 1. The molecule has 0 fully saturated rings. The number of thiophene rings is 1. The van der Waals surface area contributed by atoms with Crippen LogP contribution >= 0.6 is 22.9 Å². The average molecular weight is 381 g/mol. The van der Waals surface area contributed by atoms with Crippen molar-refractivity contribution in [2.75, 3.05) is 5.32 Å². The Morgan fingerprint density at radius 3 is 2.46 bits per heavy atom. The maximum atomic E-state index is 11.2. The fourth-order valence-electron chi connectivity index (χ4n) is 2.59.